The third-order valence-electron chi connectivity index (χ3n) is 3.55. The molecule has 0 unspecified atom stereocenters. The number of nitrogens with zero attached hydrogens (tertiary/aromatic N) is 2. The minimum Gasteiger partial charge on any atom is -0.401 e. The van der Waals surface area contributed by atoms with E-state index >= 15 is 0 Å². The molecular weight excluding hydrogens is 338 g/mol. The Hall–Kier alpha value is -3.85. The molecule has 1 heterocycles. The Bertz CT molecular complexity index is 1000. The number of carbonyl (C=O) groups excluding carboxylic acids is 1. The number of nitrogen functional groups attached to an aromatic ring is 1. The van der Waals surface area contributed by atoms with E-state index in [0.29, 0.717) is 39.5 Å². The molecule has 27 heavy (non-hydrogen) atoms. The van der Waals surface area contributed by atoms with E-state index in [2.05, 4.69) is 28.4 Å². The number of pyridine rings is 1. The lowest BCUT2D eigenvalue weighted by molar-refractivity contribution is 0.101. The Morgan fingerprint density at radius 2 is 1.85 bits per heavy atom. The molecule has 1 aromatic carbocycles. The van der Waals surface area contributed by atoms with Crippen molar-refractivity contribution in [3.63, 3.8) is 0 Å². The van der Waals surface area contributed by atoms with Gasteiger partial charge in [-0.1, -0.05) is 36.6 Å². The number of carbonyl (C=O) groups is 1. The molecule has 6 N–H and O–H groups in total. The quantitative estimate of drug-likeness (QED) is 0.440. The third kappa shape index (κ3) is 5.31. The second kappa shape index (κ2) is 8.50. The van der Waals surface area contributed by atoms with Crippen LogP contribution in [0.3, 0.4) is 0 Å². The number of nitrogens with two attached hydrogens (primary N) is 3. The minimum atomic E-state index is -0.0585. The molecule has 0 bridgehead atoms. The van der Waals surface area contributed by atoms with Crippen molar-refractivity contribution in [1.29, 1.82) is 0 Å². The lowest BCUT2D eigenvalue weighted by Gasteiger charge is -2.10. The van der Waals surface area contributed by atoms with Crippen LogP contribution in [0.25, 0.3) is 0 Å². The number of benzene rings is 1. The van der Waals surface area contributed by atoms with Crippen molar-refractivity contribution < 1.29 is 4.79 Å². The Labute approximate surface area is 158 Å². The highest BCUT2D eigenvalue weighted by Crippen LogP contribution is 2.15. The van der Waals surface area contributed by atoms with Gasteiger partial charge in [-0.25, -0.2) is 9.98 Å². The largest absolute Gasteiger partial charge is 0.401 e. The number of aromatic nitrogens is 1. The van der Waals surface area contributed by atoms with Crippen LogP contribution < -0.4 is 17.2 Å². The monoisotopic (exact) mass is 359 g/mol. The van der Waals surface area contributed by atoms with Crippen molar-refractivity contribution in [3.8, 4) is 11.8 Å². The van der Waals surface area contributed by atoms with Gasteiger partial charge in [-0.05, 0) is 32.0 Å². The SMILES string of the molecule is C=C(N)N=C(/C(C#Cc1ccc(N)nc1)=C(/C)N)c1cccc(C(C)=O)c1. The maximum absolute atomic E-state index is 11.7. The topological polar surface area (TPSA) is 120 Å². The summed E-state index contributed by atoms with van der Waals surface area (Å²) >= 11 is 0. The van der Waals surface area contributed by atoms with Crippen molar-refractivity contribution >= 4 is 17.3 Å². The molecule has 0 amide bonds. The fourth-order valence-corrected chi connectivity index (χ4v) is 2.25. The summed E-state index contributed by atoms with van der Waals surface area (Å²) in [6, 6.07) is 10.4. The summed E-state index contributed by atoms with van der Waals surface area (Å²) in [7, 11) is 0. The van der Waals surface area contributed by atoms with Gasteiger partial charge in [0.05, 0.1) is 11.3 Å². The number of rotatable bonds is 4. The summed E-state index contributed by atoms with van der Waals surface area (Å²) in [5.41, 5.74) is 20.6. The van der Waals surface area contributed by atoms with Gasteiger partial charge in [0, 0.05) is 28.6 Å². The Balaban J connectivity index is 2.58. The van der Waals surface area contributed by atoms with Crippen molar-refractivity contribution in [2.45, 2.75) is 13.8 Å². The zero-order valence-corrected chi connectivity index (χ0v) is 15.3. The van der Waals surface area contributed by atoms with Crippen LogP contribution in [0.2, 0.25) is 0 Å². The molecule has 0 radical (unpaired) electrons. The van der Waals surface area contributed by atoms with Gasteiger partial charge < -0.3 is 17.2 Å². The predicted molar refractivity (Wildman–Crippen MR) is 109 cm³/mol. The summed E-state index contributed by atoms with van der Waals surface area (Å²) in [5, 5.41) is 0. The molecular formula is C21H21N5O. The molecule has 0 aliphatic heterocycles. The standard InChI is InChI=1S/C21H21N5O/c1-13(22)19(9-7-16-8-10-20(24)25-12-16)21(26-15(3)23)18-6-4-5-17(11-18)14(2)27/h4-6,8,10-12H,3,22-23H2,1-2H3,(H2,24,25)/b19-13-,26-21?. The van der Waals surface area contributed by atoms with E-state index in [1.54, 1.807) is 43.5 Å². The second-order valence-electron chi connectivity index (χ2n) is 5.87. The molecule has 0 aliphatic rings. The van der Waals surface area contributed by atoms with Crippen LogP contribution in [-0.2, 0) is 0 Å². The van der Waals surface area contributed by atoms with Crippen LogP contribution in [0.4, 0.5) is 5.82 Å². The number of hydrogen-bond acceptors (Lipinski definition) is 6. The first-order valence-electron chi connectivity index (χ1n) is 8.12. The fraction of sp³-hybridized carbons (Fsp3) is 0.0952. The van der Waals surface area contributed by atoms with Gasteiger partial charge in [0.15, 0.2) is 5.78 Å². The van der Waals surface area contributed by atoms with E-state index in [0.717, 1.165) is 0 Å². The van der Waals surface area contributed by atoms with Crippen molar-refractivity contribution in [2.24, 2.45) is 16.5 Å². The normalized spacial score (nSPS) is 11.9. The molecule has 0 saturated carbocycles. The summed E-state index contributed by atoms with van der Waals surface area (Å²) < 4.78 is 0. The van der Waals surface area contributed by atoms with E-state index in [1.807, 2.05) is 6.07 Å². The van der Waals surface area contributed by atoms with Gasteiger partial charge in [-0.15, -0.1) is 0 Å². The molecule has 6 nitrogen and oxygen atoms in total. The Kier molecular flexibility index (Phi) is 6.13. The van der Waals surface area contributed by atoms with Crippen LogP contribution in [0.15, 0.2) is 71.3 Å². The third-order valence-corrected chi connectivity index (χ3v) is 3.55. The van der Waals surface area contributed by atoms with Crippen LogP contribution in [0.5, 0.6) is 0 Å². The van der Waals surface area contributed by atoms with Gasteiger partial charge in [0.25, 0.3) is 0 Å². The number of ketones is 1. The van der Waals surface area contributed by atoms with Crippen molar-refractivity contribution in [1.82, 2.24) is 4.98 Å². The Morgan fingerprint density at radius 1 is 1.15 bits per heavy atom. The van der Waals surface area contributed by atoms with Crippen LogP contribution in [0, 0.1) is 11.8 Å². The molecule has 2 aromatic rings. The van der Waals surface area contributed by atoms with E-state index in [-0.39, 0.29) is 11.6 Å². The highest BCUT2D eigenvalue weighted by molar-refractivity contribution is 6.17. The maximum atomic E-state index is 11.7. The predicted octanol–water partition coefficient (Wildman–Crippen LogP) is 2.37. The highest BCUT2D eigenvalue weighted by Gasteiger charge is 2.13. The average Bonchev–Trinajstić information content (AvgIpc) is 2.62. The summed E-state index contributed by atoms with van der Waals surface area (Å²) in [6.45, 7) is 6.85. The summed E-state index contributed by atoms with van der Waals surface area (Å²) in [4.78, 5) is 20.0. The van der Waals surface area contributed by atoms with Crippen LogP contribution >= 0.6 is 0 Å². The van der Waals surface area contributed by atoms with Crippen molar-refractivity contribution in [2.75, 3.05) is 5.73 Å². The fourth-order valence-electron chi connectivity index (χ4n) is 2.25. The molecule has 136 valence electrons. The van der Waals surface area contributed by atoms with Crippen molar-refractivity contribution in [3.05, 3.63) is 83.0 Å². The molecule has 0 atom stereocenters. The van der Waals surface area contributed by atoms with Gasteiger partial charge in [0.2, 0.25) is 0 Å². The lowest BCUT2D eigenvalue weighted by Crippen LogP contribution is -2.12. The van der Waals surface area contributed by atoms with E-state index in [1.165, 1.54) is 6.92 Å². The molecule has 0 saturated heterocycles. The lowest BCUT2D eigenvalue weighted by atomic mass is 9.98. The van der Waals surface area contributed by atoms with E-state index < -0.39 is 0 Å². The van der Waals surface area contributed by atoms with Crippen LogP contribution in [-0.4, -0.2) is 16.5 Å². The van der Waals surface area contributed by atoms with Crippen LogP contribution in [0.1, 0.15) is 35.3 Å². The summed E-state index contributed by atoms with van der Waals surface area (Å²) in [5.74, 6) is 6.47. The maximum Gasteiger partial charge on any atom is 0.159 e. The zero-order chi connectivity index (χ0) is 20.0. The summed E-state index contributed by atoms with van der Waals surface area (Å²) in [6.07, 6.45) is 1.57. The Morgan fingerprint density at radius 3 is 2.41 bits per heavy atom. The van der Waals surface area contributed by atoms with Gasteiger partial charge in [-0.3, -0.25) is 4.79 Å². The number of hydrogen-bond donors (Lipinski definition) is 3. The first-order chi connectivity index (χ1) is 12.8. The number of aliphatic imine (C=N–C) groups is 1. The molecule has 1 aromatic heterocycles. The average molecular weight is 359 g/mol. The zero-order valence-electron chi connectivity index (χ0n) is 15.3. The molecule has 0 fully saturated rings. The smallest absolute Gasteiger partial charge is 0.159 e. The molecule has 6 heteroatoms. The first kappa shape index (κ1) is 19.5. The van der Waals surface area contributed by atoms with E-state index in [9.17, 15) is 4.79 Å². The number of Topliss-reactive ketones (excluding diaryl/α,β-unsaturated/α-hetero) is 1. The number of allylic oxidation sites excluding steroid dienone is 2. The van der Waals surface area contributed by atoms with Gasteiger partial charge in [0.1, 0.15) is 11.6 Å². The van der Waals surface area contributed by atoms with Gasteiger partial charge >= 0.3 is 0 Å². The van der Waals surface area contributed by atoms with E-state index in [4.69, 9.17) is 17.2 Å². The molecule has 2 rings (SSSR count). The molecule has 0 aliphatic carbocycles. The number of anilines is 1. The molecule has 0 spiro atoms. The highest BCUT2D eigenvalue weighted by atomic mass is 16.1. The minimum absolute atomic E-state index is 0.0585. The second-order valence-corrected chi connectivity index (χ2v) is 5.87. The van der Waals surface area contributed by atoms with Gasteiger partial charge in [-0.2, -0.15) is 0 Å². The first-order valence-corrected chi connectivity index (χ1v) is 8.12.